The summed E-state index contributed by atoms with van der Waals surface area (Å²) in [5, 5.41) is 3.64. The van der Waals surface area contributed by atoms with Gasteiger partial charge < -0.3 is 0 Å². The maximum Gasteiger partial charge on any atom is 0.244 e. The molecule has 6 heteroatoms. The molecule has 2 aromatic rings. The van der Waals surface area contributed by atoms with Gasteiger partial charge in [0.25, 0.3) is 0 Å². The zero-order chi connectivity index (χ0) is 15.2. The van der Waals surface area contributed by atoms with Crippen molar-refractivity contribution in [3.05, 3.63) is 71.0 Å². The SMILES string of the molecule is O=C(Cc1ccc(F)cc1)N/N=C/c1ccc(F)c(F)c1. The molecule has 2 aromatic carbocycles. The Kier molecular flexibility index (Phi) is 4.71. The highest BCUT2D eigenvalue weighted by atomic mass is 19.2. The Hall–Kier alpha value is -2.63. The lowest BCUT2D eigenvalue weighted by Crippen LogP contribution is -2.19. The van der Waals surface area contributed by atoms with Crippen molar-refractivity contribution in [3.63, 3.8) is 0 Å². The van der Waals surface area contributed by atoms with Crippen LogP contribution in [0.4, 0.5) is 13.2 Å². The van der Waals surface area contributed by atoms with Crippen LogP contribution < -0.4 is 5.43 Å². The number of benzene rings is 2. The fraction of sp³-hybridized carbons (Fsp3) is 0.0667. The van der Waals surface area contributed by atoms with E-state index in [1.165, 1.54) is 36.5 Å². The average molecular weight is 292 g/mol. The molecule has 0 saturated heterocycles. The first-order chi connectivity index (χ1) is 10.0. The van der Waals surface area contributed by atoms with Crippen molar-refractivity contribution in [2.45, 2.75) is 6.42 Å². The van der Waals surface area contributed by atoms with Gasteiger partial charge in [0.2, 0.25) is 5.91 Å². The Balaban J connectivity index is 1.89. The molecule has 2 rings (SSSR count). The molecule has 0 unspecified atom stereocenters. The zero-order valence-electron chi connectivity index (χ0n) is 10.8. The van der Waals surface area contributed by atoms with Crippen LogP contribution in [0.5, 0.6) is 0 Å². The molecule has 0 atom stereocenters. The van der Waals surface area contributed by atoms with Gasteiger partial charge in [0.15, 0.2) is 11.6 Å². The molecule has 1 N–H and O–H groups in total. The lowest BCUT2D eigenvalue weighted by Gasteiger charge is -2.00. The highest BCUT2D eigenvalue weighted by Crippen LogP contribution is 2.07. The van der Waals surface area contributed by atoms with E-state index in [-0.39, 0.29) is 12.2 Å². The maximum atomic E-state index is 12.9. The first-order valence-electron chi connectivity index (χ1n) is 6.06. The number of rotatable bonds is 4. The summed E-state index contributed by atoms with van der Waals surface area (Å²) < 4.78 is 38.3. The van der Waals surface area contributed by atoms with E-state index in [4.69, 9.17) is 0 Å². The third-order valence-corrected chi connectivity index (χ3v) is 2.62. The van der Waals surface area contributed by atoms with E-state index in [1.807, 2.05) is 0 Å². The Morgan fingerprint density at radius 3 is 2.43 bits per heavy atom. The molecule has 0 saturated carbocycles. The van der Waals surface area contributed by atoms with Crippen LogP contribution in [0.3, 0.4) is 0 Å². The topological polar surface area (TPSA) is 41.5 Å². The van der Waals surface area contributed by atoms with E-state index >= 15 is 0 Å². The summed E-state index contributed by atoms with van der Waals surface area (Å²) in [5.41, 5.74) is 3.20. The Morgan fingerprint density at radius 2 is 1.76 bits per heavy atom. The molecule has 0 aromatic heterocycles. The lowest BCUT2D eigenvalue weighted by atomic mass is 10.1. The number of carbonyl (C=O) groups excluding carboxylic acids is 1. The lowest BCUT2D eigenvalue weighted by molar-refractivity contribution is -0.120. The van der Waals surface area contributed by atoms with E-state index < -0.39 is 17.5 Å². The largest absolute Gasteiger partial charge is 0.273 e. The minimum Gasteiger partial charge on any atom is -0.273 e. The second-order valence-electron chi connectivity index (χ2n) is 4.27. The van der Waals surface area contributed by atoms with Crippen LogP contribution in [0, 0.1) is 17.5 Å². The number of hydrazone groups is 1. The first kappa shape index (κ1) is 14.8. The highest BCUT2D eigenvalue weighted by molar-refractivity contribution is 5.83. The molecule has 1 amide bonds. The number of nitrogens with zero attached hydrogens (tertiary/aromatic N) is 1. The van der Waals surface area contributed by atoms with Crippen molar-refractivity contribution in [2.75, 3.05) is 0 Å². The van der Waals surface area contributed by atoms with Crippen LogP contribution in [-0.2, 0) is 11.2 Å². The average Bonchev–Trinajstić information content (AvgIpc) is 2.45. The zero-order valence-corrected chi connectivity index (χ0v) is 10.8. The molecule has 0 heterocycles. The third-order valence-electron chi connectivity index (χ3n) is 2.62. The second kappa shape index (κ2) is 6.69. The van der Waals surface area contributed by atoms with Crippen LogP contribution in [0.15, 0.2) is 47.6 Å². The number of hydrogen-bond donors (Lipinski definition) is 1. The van der Waals surface area contributed by atoms with Gasteiger partial charge in [0.1, 0.15) is 5.82 Å². The molecule has 0 spiro atoms. The summed E-state index contributed by atoms with van der Waals surface area (Å²) in [6, 6.07) is 8.76. The fourth-order valence-corrected chi connectivity index (χ4v) is 1.60. The standard InChI is InChI=1S/C15H11F3N2O/c16-12-4-1-10(2-5-12)8-15(21)20-19-9-11-3-6-13(17)14(18)7-11/h1-7,9H,8H2,(H,20,21)/b19-9+. The van der Waals surface area contributed by atoms with Crippen molar-refractivity contribution in [1.82, 2.24) is 5.43 Å². The number of amides is 1. The molecule has 108 valence electrons. The Labute approximate surface area is 119 Å². The summed E-state index contributed by atoms with van der Waals surface area (Å²) in [5.74, 6) is -2.72. The summed E-state index contributed by atoms with van der Waals surface area (Å²) >= 11 is 0. The van der Waals surface area contributed by atoms with Gasteiger partial charge in [-0.05, 0) is 35.4 Å². The number of hydrogen-bond acceptors (Lipinski definition) is 2. The van der Waals surface area contributed by atoms with E-state index in [2.05, 4.69) is 10.5 Å². The number of halogens is 3. The van der Waals surface area contributed by atoms with Gasteiger partial charge in [-0.2, -0.15) is 5.10 Å². The molecule has 0 bridgehead atoms. The van der Waals surface area contributed by atoms with E-state index in [1.54, 1.807) is 0 Å². The van der Waals surface area contributed by atoms with Crippen molar-refractivity contribution in [2.24, 2.45) is 5.10 Å². The quantitative estimate of drug-likeness (QED) is 0.683. The maximum absolute atomic E-state index is 12.9. The third kappa shape index (κ3) is 4.45. The molecule has 21 heavy (non-hydrogen) atoms. The van der Waals surface area contributed by atoms with Crippen molar-refractivity contribution in [1.29, 1.82) is 0 Å². The molecule has 0 radical (unpaired) electrons. The Bertz CT molecular complexity index is 669. The van der Waals surface area contributed by atoms with Gasteiger partial charge >= 0.3 is 0 Å². The van der Waals surface area contributed by atoms with Crippen LogP contribution in [-0.4, -0.2) is 12.1 Å². The smallest absolute Gasteiger partial charge is 0.244 e. The summed E-state index contributed by atoms with van der Waals surface area (Å²) in [4.78, 5) is 11.6. The van der Waals surface area contributed by atoms with Crippen LogP contribution >= 0.6 is 0 Å². The predicted molar refractivity (Wildman–Crippen MR) is 72.2 cm³/mol. The number of nitrogens with one attached hydrogen (secondary N) is 1. The molecular formula is C15H11F3N2O. The normalized spacial score (nSPS) is 10.8. The van der Waals surface area contributed by atoms with Crippen molar-refractivity contribution < 1.29 is 18.0 Å². The Morgan fingerprint density at radius 1 is 1.05 bits per heavy atom. The highest BCUT2D eigenvalue weighted by Gasteiger charge is 2.03. The molecule has 0 aliphatic heterocycles. The van der Waals surface area contributed by atoms with Crippen LogP contribution in [0.1, 0.15) is 11.1 Å². The second-order valence-corrected chi connectivity index (χ2v) is 4.27. The van der Waals surface area contributed by atoms with E-state index in [0.717, 1.165) is 12.1 Å². The van der Waals surface area contributed by atoms with Crippen molar-refractivity contribution >= 4 is 12.1 Å². The number of carbonyl (C=O) groups is 1. The fourth-order valence-electron chi connectivity index (χ4n) is 1.60. The van der Waals surface area contributed by atoms with Crippen LogP contribution in [0.2, 0.25) is 0 Å². The minimum atomic E-state index is -0.989. The van der Waals surface area contributed by atoms with Gasteiger partial charge in [-0.25, -0.2) is 18.6 Å². The van der Waals surface area contributed by atoms with Gasteiger partial charge in [-0.1, -0.05) is 18.2 Å². The monoisotopic (exact) mass is 292 g/mol. The predicted octanol–water partition coefficient (Wildman–Crippen LogP) is 2.80. The summed E-state index contributed by atoms with van der Waals surface area (Å²) in [7, 11) is 0. The summed E-state index contributed by atoms with van der Waals surface area (Å²) in [6.45, 7) is 0. The van der Waals surface area contributed by atoms with E-state index in [0.29, 0.717) is 11.1 Å². The van der Waals surface area contributed by atoms with Gasteiger partial charge in [-0.15, -0.1) is 0 Å². The van der Waals surface area contributed by atoms with Gasteiger partial charge in [0.05, 0.1) is 12.6 Å². The molecule has 0 aliphatic rings. The molecule has 0 aliphatic carbocycles. The van der Waals surface area contributed by atoms with Gasteiger partial charge in [0, 0.05) is 0 Å². The minimum absolute atomic E-state index is 0.0371. The molecule has 0 fully saturated rings. The van der Waals surface area contributed by atoms with Crippen molar-refractivity contribution in [3.8, 4) is 0 Å². The van der Waals surface area contributed by atoms with Gasteiger partial charge in [-0.3, -0.25) is 4.79 Å². The van der Waals surface area contributed by atoms with Crippen LogP contribution in [0.25, 0.3) is 0 Å². The molecular weight excluding hydrogens is 281 g/mol. The molecule has 3 nitrogen and oxygen atoms in total. The van der Waals surface area contributed by atoms with E-state index in [9.17, 15) is 18.0 Å². The first-order valence-corrected chi connectivity index (χ1v) is 6.06. The summed E-state index contributed by atoms with van der Waals surface area (Å²) in [6.07, 6.45) is 1.24.